The van der Waals surface area contributed by atoms with Gasteiger partial charge in [0.2, 0.25) is 0 Å². The first-order valence-corrected chi connectivity index (χ1v) is 6.23. The second-order valence-electron chi connectivity index (χ2n) is 4.36. The Labute approximate surface area is 111 Å². The van der Waals surface area contributed by atoms with E-state index in [1.807, 2.05) is 42.6 Å². The molecular weight excluding hydrogens is 238 g/mol. The summed E-state index contributed by atoms with van der Waals surface area (Å²) in [5.41, 5.74) is 3.31. The molecule has 3 rings (SSSR count). The average molecular weight is 253 g/mol. The van der Waals surface area contributed by atoms with Gasteiger partial charge in [0, 0.05) is 36.1 Å². The third-order valence-corrected chi connectivity index (χ3v) is 2.90. The second kappa shape index (κ2) is 5.54. The van der Waals surface area contributed by atoms with Crippen molar-refractivity contribution in [2.45, 2.75) is 13.1 Å². The van der Waals surface area contributed by atoms with Crippen molar-refractivity contribution < 1.29 is 4.42 Å². The molecule has 0 aliphatic carbocycles. The minimum atomic E-state index is 0.755. The van der Waals surface area contributed by atoms with Gasteiger partial charge in [0.05, 0.1) is 12.5 Å². The van der Waals surface area contributed by atoms with Crippen molar-refractivity contribution in [3.63, 3.8) is 0 Å². The van der Waals surface area contributed by atoms with Crippen LogP contribution in [0.1, 0.15) is 11.3 Å². The average Bonchev–Trinajstić information content (AvgIpc) is 3.11. The summed E-state index contributed by atoms with van der Waals surface area (Å²) >= 11 is 0. The first-order chi connectivity index (χ1) is 9.42. The molecule has 3 aromatic rings. The number of imidazole rings is 1. The molecule has 0 spiro atoms. The molecular formula is C15H15N3O. The summed E-state index contributed by atoms with van der Waals surface area (Å²) in [5.74, 6) is 0.903. The van der Waals surface area contributed by atoms with Crippen molar-refractivity contribution in [2.24, 2.45) is 0 Å². The lowest BCUT2D eigenvalue weighted by Gasteiger charge is -2.00. The highest BCUT2D eigenvalue weighted by Gasteiger charge is 2.02. The molecule has 96 valence electrons. The molecule has 2 aromatic heterocycles. The third kappa shape index (κ3) is 2.92. The maximum Gasteiger partial charge on any atom is 0.137 e. The number of rotatable bonds is 5. The molecule has 0 bridgehead atoms. The largest absolute Gasteiger partial charge is 0.472 e. The van der Waals surface area contributed by atoms with E-state index in [2.05, 4.69) is 15.3 Å². The Kier molecular flexibility index (Phi) is 3.42. The highest BCUT2D eigenvalue weighted by Crippen LogP contribution is 2.14. The fourth-order valence-electron chi connectivity index (χ4n) is 1.93. The number of furan rings is 1. The standard InChI is InChI=1S/C15H15N3O/c1-2-4-13(5-3-1)15-17-10-14(18-15)9-16-8-12-6-7-19-11-12/h1-7,10-11,16H,8-9H2,(H,17,18). The second-order valence-corrected chi connectivity index (χ2v) is 4.36. The van der Waals surface area contributed by atoms with Crippen molar-refractivity contribution in [3.8, 4) is 11.4 Å². The molecule has 2 heterocycles. The van der Waals surface area contributed by atoms with E-state index in [9.17, 15) is 0 Å². The maximum absolute atomic E-state index is 5.02. The van der Waals surface area contributed by atoms with E-state index in [4.69, 9.17) is 4.42 Å². The highest BCUT2D eigenvalue weighted by molar-refractivity contribution is 5.54. The van der Waals surface area contributed by atoms with Crippen LogP contribution in [0.25, 0.3) is 11.4 Å². The monoisotopic (exact) mass is 253 g/mol. The Balaban J connectivity index is 1.59. The molecule has 0 fully saturated rings. The van der Waals surface area contributed by atoms with Crippen LogP contribution in [0.3, 0.4) is 0 Å². The van der Waals surface area contributed by atoms with Crippen LogP contribution in [-0.4, -0.2) is 9.97 Å². The van der Waals surface area contributed by atoms with Crippen LogP contribution in [0, 0.1) is 0 Å². The smallest absolute Gasteiger partial charge is 0.137 e. The Bertz CT molecular complexity index is 614. The summed E-state index contributed by atoms with van der Waals surface area (Å²) in [7, 11) is 0. The van der Waals surface area contributed by atoms with Crippen molar-refractivity contribution >= 4 is 0 Å². The number of aromatic amines is 1. The van der Waals surface area contributed by atoms with Gasteiger partial charge in [0.25, 0.3) is 0 Å². The SMILES string of the molecule is c1ccc(-c2ncc(CNCc3ccoc3)[nH]2)cc1. The number of aromatic nitrogens is 2. The normalized spacial score (nSPS) is 10.7. The molecule has 0 aliphatic rings. The number of H-pyrrole nitrogens is 1. The molecule has 2 N–H and O–H groups in total. The van der Waals surface area contributed by atoms with Crippen molar-refractivity contribution in [2.75, 3.05) is 0 Å². The van der Waals surface area contributed by atoms with Gasteiger partial charge >= 0.3 is 0 Å². The van der Waals surface area contributed by atoms with E-state index < -0.39 is 0 Å². The summed E-state index contributed by atoms with van der Waals surface area (Å²) < 4.78 is 5.02. The lowest BCUT2D eigenvalue weighted by atomic mass is 10.2. The van der Waals surface area contributed by atoms with Crippen LogP contribution in [0.15, 0.2) is 59.5 Å². The number of hydrogen-bond donors (Lipinski definition) is 2. The molecule has 4 nitrogen and oxygen atoms in total. The Morgan fingerprint density at radius 2 is 2.00 bits per heavy atom. The minimum absolute atomic E-state index is 0.755. The molecule has 1 aromatic carbocycles. The summed E-state index contributed by atoms with van der Waals surface area (Å²) in [6.07, 6.45) is 5.29. The van der Waals surface area contributed by atoms with Crippen molar-refractivity contribution in [1.29, 1.82) is 0 Å². The van der Waals surface area contributed by atoms with E-state index in [-0.39, 0.29) is 0 Å². The van der Waals surface area contributed by atoms with E-state index in [0.29, 0.717) is 0 Å². The van der Waals surface area contributed by atoms with Crippen molar-refractivity contribution in [3.05, 3.63) is 66.4 Å². The first kappa shape index (κ1) is 11.7. The third-order valence-electron chi connectivity index (χ3n) is 2.90. The molecule has 0 radical (unpaired) electrons. The van der Waals surface area contributed by atoms with Crippen LogP contribution in [-0.2, 0) is 13.1 Å². The van der Waals surface area contributed by atoms with E-state index in [1.54, 1.807) is 12.5 Å². The maximum atomic E-state index is 5.02. The lowest BCUT2D eigenvalue weighted by molar-refractivity contribution is 0.560. The Morgan fingerprint density at radius 1 is 1.11 bits per heavy atom. The van der Waals surface area contributed by atoms with Crippen LogP contribution in [0.2, 0.25) is 0 Å². The van der Waals surface area contributed by atoms with Gasteiger partial charge in [-0.1, -0.05) is 30.3 Å². The summed E-state index contributed by atoms with van der Waals surface area (Å²) in [6, 6.07) is 12.1. The minimum Gasteiger partial charge on any atom is -0.472 e. The van der Waals surface area contributed by atoms with Crippen LogP contribution >= 0.6 is 0 Å². The highest BCUT2D eigenvalue weighted by atomic mass is 16.3. The van der Waals surface area contributed by atoms with Crippen LogP contribution < -0.4 is 5.32 Å². The number of nitrogens with one attached hydrogen (secondary N) is 2. The van der Waals surface area contributed by atoms with Gasteiger partial charge in [-0.05, 0) is 6.07 Å². The molecule has 0 amide bonds. The number of nitrogens with zero attached hydrogens (tertiary/aromatic N) is 1. The molecule has 0 unspecified atom stereocenters. The Morgan fingerprint density at radius 3 is 2.79 bits per heavy atom. The fourth-order valence-corrected chi connectivity index (χ4v) is 1.93. The number of benzene rings is 1. The predicted octanol–water partition coefficient (Wildman–Crippen LogP) is 2.96. The summed E-state index contributed by atoms with van der Waals surface area (Å²) in [4.78, 5) is 7.70. The fraction of sp³-hybridized carbons (Fsp3) is 0.133. The van der Waals surface area contributed by atoms with Crippen LogP contribution in [0.5, 0.6) is 0 Å². The zero-order valence-electron chi connectivity index (χ0n) is 10.5. The van der Waals surface area contributed by atoms with Gasteiger partial charge in [-0.25, -0.2) is 4.98 Å². The topological polar surface area (TPSA) is 53.9 Å². The number of hydrogen-bond acceptors (Lipinski definition) is 3. The van der Waals surface area contributed by atoms with Gasteiger partial charge in [0.1, 0.15) is 5.82 Å². The molecule has 0 aliphatic heterocycles. The van der Waals surface area contributed by atoms with Gasteiger partial charge in [0.15, 0.2) is 0 Å². The van der Waals surface area contributed by atoms with E-state index in [1.165, 1.54) is 0 Å². The Hall–Kier alpha value is -2.33. The molecule has 4 heteroatoms. The zero-order chi connectivity index (χ0) is 12.9. The lowest BCUT2D eigenvalue weighted by Crippen LogP contribution is -2.12. The molecule has 0 saturated heterocycles. The van der Waals surface area contributed by atoms with Crippen molar-refractivity contribution in [1.82, 2.24) is 15.3 Å². The van der Waals surface area contributed by atoms with Gasteiger partial charge in [-0.2, -0.15) is 0 Å². The van der Waals surface area contributed by atoms with Gasteiger partial charge in [-0.3, -0.25) is 0 Å². The molecule has 0 saturated carbocycles. The van der Waals surface area contributed by atoms with E-state index in [0.717, 1.165) is 35.7 Å². The van der Waals surface area contributed by atoms with Crippen LogP contribution in [0.4, 0.5) is 0 Å². The molecule has 0 atom stereocenters. The predicted molar refractivity (Wildman–Crippen MR) is 73.3 cm³/mol. The molecule has 19 heavy (non-hydrogen) atoms. The zero-order valence-corrected chi connectivity index (χ0v) is 10.5. The van der Waals surface area contributed by atoms with E-state index >= 15 is 0 Å². The first-order valence-electron chi connectivity index (χ1n) is 6.23. The van der Waals surface area contributed by atoms with Gasteiger partial charge in [-0.15, -0.1) is 0 Å². The summed E-state index contributed by atoms with van der Waals surface area (Å²) in [5, 5.41) is 3.34. The quantitative estimate of drug-likeness (QED) is 0.735. The van der Waals surface area contributed by atoms with Gasteiger partial charge < -0.3 is 14.7 Å². The summed E-state index contributed by atoms with van der Waals surface area (Å²) in [6.45, 7) is 1.54.